The second-order valence-electron chi connectivity index (χ2n) is 4.40. The Morgan fingerprint density at radius 2 is 1.94 bits per heavy atom. The van der Waals surface area contributed by atoms with Crippen molar-refractivity contribution in [3.8, 4) is 0 Å². The molecule has 0 atom stereocenters. The van der Waals surface area contributed by atoms with Crippen molar-refractivity contribution >= 4 is 34.9 Å². The van der Waals surface area contributed by atoms with Gasteiger partial charge in [-0.25, -0.2) is 0 Å². The summed E-state index contributed by atoms with van der Waals surface area (Å²) < 4.78 is 0. The van der Waals surface area contributed by atoms with E-state index >= 15 is 0 Å². The molecule has 1 aliphatic carbocycles. The van der Waals surface area contributed by atoms with Gasteiger partial charge in [0.15, 0.2) is 10.3 Å². The van der Waals surface area contributed by atoms with Gasteiger partial charge < -0.3 is 10.4 Å². The molecule has 0 aromatic carbocycles. The molecule has 7 heteroatoms. The van der Waals surface area contributed by atoms with E-state index in [9.17, 15) is 4.79 Å². The van der Waals surface area contributed by atoms with Crippen LogP contribution in [-0.4, -0.2) is 27.3 Å². The zero-order valence-corrected chi connectivity index (χ0v) is 11.1. The smallest absolute Gasteiger partial charge is 0.306 e. The van der Waals surface area contributed by atoms with Crippen LogP contribution in [0.2, 0.25) is 10.3 Å². The molecule has 18 heavy (non-hydrogen) atoms. The van der Waals surface area contributed by atoms with E-state index in [4.69, 9.17) is 28.3 Å². The average molecular weight is 290 g/mol. The van der Waals surface area contributed by atoms with Gasteiger partial charge in [-0.1, -0.05) is 23.2 Å². The highest BCUT2D eigenvalue weighted by Crippen LogP contribution is 2.29. The normalized spacial score (nSPS) is 23.7. The molecular weight excluding hydrogens is 277 g/mol. The lowest BCUT2D eigenvalue weighted by Crippen LogP contribution is -2.29. The fourth-order valence-electron chi connectivity index (χ4n) is 2.16. The van der Waals surface area contributed by atoms with Crippen molar-refractivity contribution in [3.63, 3.8) is 0 Å². The van der Waals surface area contributed by atoms with E-state index < -0.39 is 5.97 Å². The highest BCUT2D eigenvalue weighted by atomic mass is 35.5. The minimum atomic E-state index is -0.708. The molecule has 0 bridgehead atoms. The number of anilines is 1. The molecule has 0 radical (unpaired) electrons. The van der Waals surface area contributed by atoms with Gasteiger partial charge in [0, 0.05) is 12.1 Å². The molecule has 0 saturated heterocycles. The summed E-state index contributed by atoms with van der Waals surface area (Å²) in [6, 6.07) is 1.83. The summed E-state index contributed by atoms with van der Waals surface area (Å²) in [4.78, 5) is 10.8. The lowest BCUT2D eigenvalue weighted by Gasteiger charge is -2.27. The van der Waals surface area contributed by atoms with Crippen LogP contribution in [0.1, 0.15) is 25.7 Å². The van der Waals surface area contributed by atoms with Gasteiger partial charge in [0.25, 0.3) is 0 Å². The molecule has 0 spiro atoms. The van der Waals surface area contributed by atoms with Crippen LogP contribution in [0.4, 0.5) is 5.69 Å². The molecule has 0 amide bonds. The van der Waals surface area contributed by atoms with E-state index in [0.29, 0.717) is 18.5 Å². The number of carbonyl (C=O) groups is 1. The number of hydrogen-bond donors (Lipinski definition) is 2. The zero-order chi connectivity index (χ0) is 13.1. The van der Waals surface area contributed by atoms with Crippen LogP contribution < -0.4 is 5.32 Å². The maximum atomic E-state index is 10.8. The monoisotopic (exact) mass is 289 g/mol. The topological polar surface area (TPSA) is 75.1 Å². The first-order valence-electron chi connectivity index (χ1n) is 5.74. The van der Waals surface area contributed by atoms with Gasteiger partial charge in [-0.15, -0.1) is 10.2 Å². The molecule has 2 rings (SSSR count). The third-order valence-corrected chi connectivity index (χ3v) is 3.62. The summed E-state index contributed by atoms with van der Waals surface area (Å²) in [5.74, 6) is -0.933. The second-order valence-corrected chi connectivity index (χ2v) is 5.15. The molecule has 2 N–H and O–H groups in total. The summed E-state index contributed by atoms with van der Waals surface area (Å²) in [7, 11) is 0. The number of halogens is 2. The van der Waals surface area contributed by atoms with E-state index in [1.165, 1.54) is 0 Å². The van der Waals surface area contributed by atoms with Gasteiger partial charge in [0.1, 0.15) is 0 Å². The van der Waals surface area contributed by atoms with Crippen LogP contribution in [0.3, 0.4) is 0 Å². The Kier molecular flexibility index (Phi) is 4.24. The summed E-state index contributed by atoms with van der Waals surface area (Å²) >= 11 is 11.7. The molecule has 1 heterocycles. The first-order chi connectivity index (χ1) is 8.56. The highest BCUT2D eigenvalue weighted by molar-refractivity contribution is 6.33. The maximum Gasteiger partial charge on any atom is 0.306 e. The molecular formula is C11H13Cl2N3O2. The van der Waals surface area contributed by atoms with E-state index in [2.05, 4.69) is 15.5 Å². The van der Waals surface area contributed by atoms with Crippen LogP contribution in [0.25, 0.3) is 0 Å². The first kappa shape index (κ1) is 13.4. The van der Waals surface area contributed by atoms with Crippen molar-refractivity contribution in [3.05, 3.63) is 16.4 Å². The van der Waals surface area contributed by atoms with Crippen LogP contribution in [-0.2, 0) is 4.79 Å². The summed E-state index contributed by atoms with van der Waals surface area (Å²) in [6.07, 6.45) is 2.95. The van der Waals surface area contributed by atoms with Crippen molar-refractivity contribution in [1.82, 2.24) is 10.2 Å². The van der Waals surface area contributed by atoms with E-state index in [1.807, 2.05) is 0 Å². The van der Waals surface area contributed by atoms with E-state index in [0.717, 1.165) is 12.8 Å². The number of aromatic nitrogens is 2. The Morgan fingerprint density at radius 1 is 1.28 bits per heavy atom. The molecule has 5 nitrogen and oxygen atoms in total. The van der Waals surface area contributed by atoms with Gasteiger partial charge >= 0.3 is 5.97 Å². The quantitative estimate of drug-likeness (QED) is 0.895. The van der Waals surface area contributed by atoms with Gasteiger partial charge in [0.2, 0.25) is 0 Å². The second kappa shape index (κ2) is 5.71. The van der Waals surface area contributed by atoms with Crippen molar-refractivity contribution in [1.29, 1.82) is 0 Å². The Hall–Kier alpha value is -1.07. The number of aliphatic carboxylic acids is 1. The van der Waals surface area contributed by atoms with Crippen LogP contribution in [0.5, 0.6) is 0 Å². The number of carboxylic acid groups (broad SMARTS) is 1. The molecule has 1 aliphatic rings. The molecule has 1 aromatic rings. The Bertz CT molecular complexity index is 448. The van der Waals surface area contributed by atoms with Gasteiger partial charge in [-0.2, -0.15) is 0 Å². The van der Waals surface area contributed by atoms with Gasteiger partial charge in [-0.3, -0.25) is 4.79 Å². The molecule has 0 aliphatic heterocycles. The number of carboxylic acids is 1. The van der Waals surface area contributed by atoms with Crippen LogP contribution in [0, 0.1) is 5.92 Å². The van der Waals surface area contributed by atoms with Crippen molar-refractivity contribution < 1.29 is 9.90 Å². The lowest BCUT2D eigenvalue weighted by atomic mass is 9.86. The van der Waals surface area contributed by atoms with Gasteiger partial charge in [0.05, 0.1) is 11.6 Å². The van der Waals surface area contributed by atoms with Crippen molar-refractivity contribution in [2.45, 2.75) is 31.7 Å². The zero-order valence-electron chi connectivity index (χ0n) is 9.57. The van der Waals surface area contributed by atoms with Gasteiger partial charge in [-0.05, 0) is 25.7 Å². The summed E-state index contributed by atoms with van der Waals surface area (Å²) in [6.45, 7) is 0. The number of rotatable bonds is 3. The molecule has 1 aromatic heterocycles. The van der Waals surface area contributed by atoms with E-state index in [-0.39, 0.29) is 22.3 Å². The minimum Gasteiger partial charge on any atom is -0.481 e. The van der Waals surface area contributed by atoms with E-state index in [1.54, 1.807) is 6.07 Å². The molecule has 1 fully saturated rings. The molecule has 0 unspecified atom stereocenters. The Balaban J connectivity index is 1.95. The summed E-state index contributed by atoms with van der Waals surface area (Å²) in [5, 5.41) is 20.1. The van der Waals surface area contributed by atoms with Crippen molar-refractivity contribution in [2.75, 3.05) is 5.32 Å². The van der Waals surface area contributed by atoms with Crippen LogP contribution >= 0.6 is 23.2 Å². The summed E-state index contributed by atoms with van der Waals surface area (Å²) in [5.41, 5.74) is 0.649. The largest absolute Gasteiger partial charge is 0.481 e. The Labute approximate surface area is 115 Å². The number of nitrogens with zero attached hydrogens (tertiary/aromatic N) is 2. The molecule has 1 saturated carbocycles. The minimum absolute atomic E-state index is 0.207. The predicted octanol–water partition coefficient (Wildman–Crippen LogP) is 2.84. The third-order valence-electron chi connectivity index (χ3n) is 3.16. The van der Waals surface area contributed by atoms with Crippen molar-refractivity contribution in [2.24, 2.45) is 5.92 Å². The average Bonchev–Trinajstić information content (AvgIpc) is 2.34. The fourth-order valence-corrected chi connectivity index (χ4v) is 2.45. The predicted molar refractivity (Wildman–Crippen MR) is 69.1 cm³/mol. The third kappa shape index (κ3) is 3.23. The standard InChI is InChI=1S/C11H13Cl2N3O2/c12-9-5-8(10(13)16-15-9)14-7-3-1-6(2-4-7)11(17)18/h5-7H,1-4H2,(H,14,15)(H,17,18). The molecule has 98 valence electrons. The maximum absolute atomic E-state index is 10.8. The lowest BCUT2D eigenvalue weighted by molar-refractivity contribution is -0.142. The fraction of sp³-hybridized carbons (Fsp3) is 0.545. The number of nitrogens with one attached hydrogen (secondary N) is 1. The number of hydrogen-bond acceptors (Lipinski definition) is 4. The SMILES string of the molecule is O=C(O)C1CCC(Nc2cc(Cl)nnc2Cl)CC1. The highest BCUT2D eigenvalue weighted by Gasteiger charge is 2.26. The Morgan fingerprint density at radius 3 is 2.56 bits per heavy atom. The first-order valence-corrected chi connectivity index (χ1v) is 6.50. The van der Waals surface area contributed by atoms with Crippen LogP contribution in [0.15, 0.2) is 6.07 Å².